The number of thiophene rings is 1. The van der Waals surface area contributed by atoms with Crippen LogP contribution in [0.2, 0.25) is 0 Å². The van der Waals surface area contributed by atoms with Crippen molar-refractivity contribution < 1.29 is 9.53 Å². The highest BCUT2D eigenvalue weighted by Gasteiger charge is 2.26. The lowest BCUT2D eigenvalue weighted by Gasteiger charge is -2.11. The van der Waals surface area contributed by atoms with Gasteiger partial charge in [-0.05, 0) is 29.3 Å². The number of hydrogen-bond donors (Lipinski definition) is 1. The molecule has 0 amide bonds. The topological polar surface area (TPSA) is 102 Å². The van der Waals surface area contributed by atoms with Crippen molar-refractivity contribution in [2.75, 3.05) is 7.11 Å². The van der Waals surface area contributed by atoms with Crippen molar-refractivity contribution in [2.45, 2.75) is 17.3 Å². The molecule has 0 fully saturated rings. The first-order chi connectivity index (χ1) is 10.6. The van der Waals surface area contributed by atoms with Crippen LogP contribution in [-0.2, 0) is 9.53 Å². The van der Waals surface area contributed by atoms with E-state index in [1.54, 1.807) is 6.92 Å². The van der Waals surface area contributed by atoms with Crippen LogP contribution in [0.5, 0.6) is 0 Å². The monoisotopic (exact) mass is 337 g/mol. The molecule has 0 radical (unpaired) electrons. The number of ether oxygens (including phenoxy) is 1. The van der Waals surface area contributed by atoms with Crippen molar-refractivity contribution in [3.8, 4) is 0 Å². The minimum atomic E-state index is -0.572. The normalized spacial score (nSPS) is 12.5. The summed E-state index contributed by atoms with van der Waals surface area (Å²) in [6, 6.07) is 1.85. The molecule has 1 atom stereocenters. The average Bonchev–Trinajstić information content (AvgIpc) is 3.15. The molecule has 0 aliphatic carbocycles. The zero-order valence-corrected chi connectivity index (χ0v) is 13.3. The van der Waals surface area contributed by atoms with Crippen LogP contribution in [0.25, 0.3) is 5.78 Å². The van der Waals surface area contributed by atoms with Crippen LogP contribution in [0.1, 0.15) is 16.5 Å². The Morgan fingerprint density at radius 3 is 3.00 bits per heavy atom. The predicted octanol–water partition coefficient (Wildman–Crippen LogP) is 1.19. The molecule has 0 spiro atoms. The number of aromatic amines is 1. The summed E-state index contributed by atoms with van der Waals surface area (Å²) in [4.78, 5) is 26.1. The number of nitrogens with zero attached hydrogens (tertiary/aromatic N) is 4. The molecule has 0 saturated heterocycles. The summed E-state index contributed by atoms with van der Waals surface area (Å²) in [5, 5.41) is 15.6. The lowest BCUT2D eigenvalue weighted by molar-refractivity contribution is -0.140. The number of carbonyl (C=O) groups is 1. The minimum Gasteiger partial charge on any atom is -0.468 e. The smallest absolute Gasteiger partial charge is 0.323 e. The molecule has 1 N–H and O–H groups in total. The first-order valence-electron chi connectivity index (χ1n) is 6.19. The van der Waals surface area contributed by atoms with E-state index in [1.165, 1.54) is 34.7 Å². The van der Waals surface area contributed by atoms with Gasteiger partial charge in [-0.2, -0.15) is 21.0 Å². The molecule has 3 rings (SSSR count). The molecule has 0 aliphatic rings. The molecule has 3 aromatic heterocycles. The Hall–Kier alpha value is -2.20. The lowest BCUT2D eigenvalue weighted by Crippen LogP contribution is -2.16. The second-order valence-corrected chi connectivity index (χ2v) is 6.19. The maximum absolute atomic E-state index is 12.0. The Balaban J connectivity index is 2.01. The number of hydrogen-bond acceptors (Lipinski definition) is 8. The third-order valence-electron chi connectivity index (χ3n) is 2.90. The predicted molar refractivity (Wildman–Crippen MR) is 81.1 cm³/mol. The van der Waals surface area contributed by atoms with Gasteiger partial charge in [0.15, 0.2) is 0 Å². The molecule has 0 bridgehead atoms. The lowest BCUT2D eigenvalue weighted by atomic mass is 10.2. The molecule has 0 saturated carbocycles. The van der Waals surface area contributed by atoms with Crippen LogP contribution in [0.4, 0.5) is 0 Å². The summed E-state index contributed by atoms with van der Waals surface area (Å²) in [5.41, 5.74) is 0.790. The van der Waals surface area contributed by atoms with Gasteiger partial charge < -0.3 is 4.74 Å². The quantitative estimate of drug-likeness (QED) is 0.563. The molecule has 0 aliphatic heterocycles. The zero-order chi connectivity index (χ0) is 15.7. The van der Waals surface area contributed by atoms with Gasteiger partial charge in [0.05, 0.1) is 7.11 Å². The van der Waals surface area contributed by atoms with Crippen LogP contribution >= 0.6 is 23.1 Å². The standard InChI is InChI=1S/C12H11N5O3S2/c1-6-9(18)13-11-14-15-12(17(11)16-6)22-8(10(19)20-2)7-3-4-21-5-7/h3-5,8H,1-2H3,(H,13,14,18)/t8-/m0/s1. The zero-order valence-electron chi connectivity index (χ0n) is 11.6. The van der Waals surface area contributed by atoms with Gasteiger partial charge in [0.25, 0.3) is 11.3 Å². The number of fused-ring (bicyclic) bond motifs is 1. The Morgan fingerprint density at radius 2 is 2.32 bits per heavy atom. The average molecular weight is 337 g/mol. The van der Waals surface area contributed by atoms with E-state index in [0.29, 0.717) is 10.9 Å². The maximum atomic E-state index is 12.0. The Morgan fingerprint density at radius 1 is 1.50 bits per heavy atom. The van der Waals surface area contributed by atoms with E-state index < -0.39 is 5.25 Å². The molecule has 22 heavy (non-hydrogen) atoms. The highest BCUT2D eigenvalue weighted by atomic mass is 32.2. The summed E-state index contributed by atoms with van der Waals surface area (Å²) < 4.78 is 6.26. The minimum absolute atomic E-state index is 0.229. The highest BCUT2D eigenvalue weighted by molar-refractivity contribution is 8.00. The molecule has 8 nitrogen and oxygen atoms in total. The van der Waals surface area contributed by atoms with Crippen molar-refractivity contribution in [3.05, 3.63) is 38.4 Å². The maximum Gasteiger partial charge on any atom is 0.323 e. The van der Waals surface area contributed by atoms with Crippen molar-refractivity contribution in [1.29, 1.82) is 0 Å². The summed E-state index contributed by atoms with van der Waals surface area (Å²) >= 11 is 2.66. The van der Waals surface area contributed by atoms with Gasteiger partial charge in [-0.25, -0.2) is 0 Å². The van der Waals surface area contributed by atoms with E-state index in [9.17, 15) is 9.59 Å². The van der Waals surface area contributed by atoms with E-state index in [2.05, 4.69) is 20.3 Å². The summed E-state index contributed by atoms with van der Waals surface area (Å²) in [6.45, 7) is 1.59. The number of methoxy groups -OCH3 is 1. The number of aromatic nitrogens is 5. The van der Waals surface area contributed by atoms with Crippen molar-refractivity contribution in [1.82, 2.24) is 24.8 Å². The third kappa shape index (κ3) is 2.62. The fraction of sp³-hybridized carbons (Fsp3) is 0.250. The largest absolute Gasteiger partial charge is 0.468 e. The van der Waals surface area contributed by atoms with Gasteiger partial charge in [-0.3, -0.25) is 14.6 Å². The van der Waals surface area contributed by atoms with Crippen LogP contribution in [-0.4, -0.2) is 37.9 Å². The van der Waals surface area contributed by atoms with Crippen LogP contribution in [0.15, 0.2) is 26.8 Å². The van der Waals surface area contributed by atoms with Crippen molar-refractivity contribution in [2.24, 2.45) is 0 Å². The molecule has 10 heteroatoms. The first kappa shape index (κ1) is 14.7. The second kappa shape index (κ2) is 5.89. The fourth-order valence-electron chi connectivity index (χ4n) is 1.78. The van der Waals surface area contributed by atoms with Gasteiger partial charge >= 0.3 is 5.97 Å². The van der Waals surface area contributed by atoms with E-state index in [1.807, 2.05) is 16.8 Å². The summed E-state index contributed by atoms with van der Waals surface area (Å²) in [7, 11) is 1.34. The van der Waals surface area contributed by atoms with Crippen LogP contribution < -0.4 is 5.56 Å². The van der Waals surface area contributed by atoms with E-state index in [0.717, 1.165) is 5.56 Å². The molecule has 3 heterocycles. The van der Waals surface area contributed by atoms with E-state index in [4.69, 9.17) is 4.74 Å². The molecular formula is C12H11N5O3S2. The van der Waals surface area contributed by atoms with Gasteiger partial charge in [-0.1, -0.05) is 11.8 Å². The molecule has 114 valence electrons. The van der Waals surface area contributed by atoms with Gasteiger partial charge in [0.1, 0.15) is 10.9 Å². The first-order valence-corrected chi connectivity index (χ1v) is 8.01. The van der Waals surface area contributed by atoms with Crippen molar-refractivity contribution in [3.63, 3.8) is 0 Å². The van der Waals surface area contributed by atoms with Crippen LogP contribution in [0, 0.1) is 6.92 Å². The summed E-state index contributed by atoms with van der Waals surface area (Å²) in [5.74, 6) is -0.159. The Labute approximate surface area is 132 Å². The van der Waals surface area contributed by atoms with Crippen LogP contribution in [0.3, 0.4) is 0 Å². The van der Waals surface area contributed by atoms with Crippen molar-refractivity contribution >= 4 is 34.8 Å². The van der Waals surface area contributed by atoms with E-state index in [-0.39, 0.29) is 17.3 Å². The Kier molecular flexibility index (Phi) is 3.94. The highest BCUT2D eigenvalue weighted by Crippen LogP contribution is 2.35. The second-order valence-electron chi connectivity index (χ2n) is 4.34. The number of rotatable bonds is 4. The molecule has 0 unspecified atom stereocenters. The number of H-pyrrole nitrogens is 1. The Bertz CT molecular complexity index is 871. The summed E-state index contributed by atoms with van der Waals surface area (Å²) in [6.07, 6.45) is 0. The molecule has 0 aromatic carbocycles. The molecule has 3 aromatic rings. The number of aryl methyl sites for hydroxylation is 1. The number of nitrogens with one attached hydrogen (secondary N) is 1. The molecular weight excluding hydrogens is 326 g/mol. The third-order valence-corrected chi connectivity index (χ3v) is 4.77. The SMILES string of the molecule is COC(=O)[C@@H](Sc1nnc2[nH]c(=O)c(C)nn12)c1ccsc1. The van der Waals surface area contributed by atoms with Gasteiger partial charge in [-0.15, -0.1) is 10.2 Å². The van der Waals surface area contributed by atoms with Gasteiger partial charge in [0.2, 0.25) is 5.16 Å². The number of carbonyl (C=O) groups excluding carboxylic acids is 1. The van der Waals surface area contributed by atoms with E-state index >= 15 is 0 Å². The fourth-order valence-corrected chi connectivity index (χ4v) is 3.56. The number of thioether (sulfide) groups is 1. The van der Waals surface area contributed by atoms with Gasteiger partial charge in [0, 0.05) is 0 Å². The number of esters is 1.